The van der Waals surface area contributed by atoms with E-state index in [0.717, 1.165) is 6.42 Å². The van der Waals surface area contributed by atoms with Gasteiger partial charge in [0.25, 0.3) is 0 Å². The maximum atomic E-state index is 16.2. The van der Waals surface area contributed by atoms with Gasteiger partial charge in [0.15, 0.2) is 0 Å². The highest BCUT2D eigenvalue weighted by Gasteiger charge is 2.58. The van der Waals surface area contributed by atoms with Crippen LogP contribution in [0.25, 0.3) is 0 Å². The monoisotopic (exact) mass is 734 g/mol. The van der Waals surface area contributed by atoms with E-state index in [4.69, 9.17) is 14.2 Å². The highest BCUT2D eigenvalue weighted by atomic mass is 19.1. The first kappa shape index (κ1) is 39.2. The van der Waals surface area contributed by atoms with Crippen LogP contribution in [-0.4, -0.2) is 137 Å². The highest BCUT2D eigenvalue weighted by Crippen LogP contribution is 2.45. The van der Waals surface area contributed by atoms with Gasteiger partial charge >= 0.3 is 12.2 Å². The number of rotatable bonds is 4. The van der Waals surface area contributed by atoms with Gasteiger partial charge in [0.2, 0.25) is 5.91 Å². The van der Waals surface area contributed by atoms with Gasteiger partial charge in [0.1, 0.15) is 24.0 Å². The molecule has 0 aromatic rings. The number of hydrogen-bond donors (Lipinski definition) is 4. The number of halogens is 1. The molecule has 0 spiro atoms. The number of ether oxygens (including phenoxy) is 3. The summed E-state index contributed by atoms with van der Waals surface area (Å²) in [5.74, 6) is -1.02. The predicted molar refractivity (Wildman–Crippen MR) is 193 cm³/mol. The Balaban J connectivity index is 1.43. The van der Waals surface area contributed by atoms with Crippen LogP contribution in [0.3, 0.4) is 0 Å². The van der Waals surface area contributed by atoms with Gasteiger partial charge in [-0.05, 0) is 84.3 Å². The normalized spacial score (nSPS) is 41.8. The zero-order valence-electron chi connectivity index (χ0n) is 32.1. The smallest absolute Gasteiger partial charge is 0.429 e. The Kier molecular flexibility index (Phi) is 11.8. The molecular weight excluding hydrogens is 671 g/mol. The molecule has 0 radical (unpaired) electrons. The van der Waals surface area contributed by atoms with E-state index in [9.17, 15) is 19.5 Å². The number of nitrogens with zero attached hydrogens (tertiary/aromatic N) is 3. The third-order valence-corrected chi connectivity index (χ3v) is 12.6. The number of hydrogen-bond acceptors (Lipinski definition) is 10. The van der Waals surface area contributed by atoms with Crippen molar-refractivity contribution in [2.24, 2.45) is 29.6 Å². The number of piperidine rings is 2. The largest absolute Gasteiger partial charge is 0.509 e. The first-order valence-corrected chi connectivity index (χ1v) is 19.7. The van der Waals surface area contributed by atoms with Crippen molar-refractivity contribution in [3.05, 3.63) is 12.7 Å². The Bertz CT molecular complexity index is 1320. The van der Waals surface area contributed by atoms with Crippen LogP contribution in [0.5, 0.6) is 0 Å². The summed E-state index contributed by atoms with van der Waals surface area (Å²) in [5, 5.41) is 22.9. The van der Waals surface area contributed by atoms with Gasteiger partial charge in [-0.1, -0.05) is 27.4 Å². The zero-order chi connectivity index (χ0) is 37.6. The topological polar surface area (TPSA) is 145 Å². The maximum absolute atomic E-state index is 16.2. The molecule has 14 atom stereocenters. The van der Waals surface area contributed by atoms with Gasteiger partial charge in [0, 0.05) is 55.5 Å². The lowest BCUT2D eigenvalue weighted by Crippen LogP contribution is -2.80. The molecule has 13 unspecified atom stereocenters. The molecule has 6 aliphatic rings. The lowest BCUT2D eigenvalue weighted by atomic mass is 9.69. The van der Waals surface area contributed by atoms with Crippen molar-refractivity contribution < 1.29 is 38.1 Å². The molecule has 0 aromatic heterocycles. The second kappa shape index (κ2) is 15.7. The van der Waals surface area contributed by atoms with Crippen molar-refractivity contribution in [2.75, 3.05) is 32.8 Å². The molecule has 0 aromatic carbocycles. The van der Waals surface area contributed by atoms with Crippen molar-refractivity contribution in [2.45, 2.75) is 147 Å². The third-order valence-electron chi connectivity index (χ3n) is 12.6. The second-order valence-corrected chi connectivity index (χ2v) is 17.6. The molecule has 52 heavy (non-hydrogen) atoms. The molecule has 1 saturated carbocycles. The van der Waals surface area contributed by atoms with Crippen LogP contribution in [0, 0.1) is 29.6 Å². The molecule has 2 bridgehead atoms. The summed E-state index contributed by atoms with van der Waals surface area (Å²) in [4.78, 5) is 46.8. The van der Waals surface area contributed by atoms with E-state index in [0.29, 0.717) is 51.9 Å². The second-order valence-electron chi connectivity index (χ2n) is 17.6. The van der Waals surface area contributed by atoms with Crippen LogP contribution in [0.2, 0.25) is 0 Å². The minimum atomic E-state index is -1.23. The molecule has 5 aliphatic heterocycles. The molecule has 13 nitrogen and oxygen atoms in total. The number of carbonyl (C=O) groups excluding carboxylic acids is 3. The van der Waals surface area contributed by atoms with E-state index in [-0.39, 0.29) is 60.6 Å². The summed E-state index contributed by atoms with van der Waals surface area (Å²) in [6.07, 6.45) is -1.22. The maximum Gasteiger partial charge on any atom is 0.509 e. The average Bonchev–Trinajstić information content (AvgIpc) is 3.07. The van der Waals surface area contributed by atoms with Gasteiger partial charge < -0.3 is 39.8 Å². The SMILES string of the molecule is C=CC(=O)N1CCN(C2NC(=O)N3C4NC(C(C)CC42)C2C(F)CCCC2OCC(O)C(OC(=O)OC(C)(C)C)C2CCNC(C(C)C)C23)[C@@H](C)C1. The Morgan fingerprint density at radius 1 is 1.12 bits per heavy atom. The first-order valence-electron chi connectivity index (χ1n) is 19.7. The third kappa shape index (κ3) is 7.83. The summed E-state index contributed by atoms with van der Waals surface area (Å²) < 4.78 is 34.4. The molecule has 4 N–H and O–H groups in total. The summed E-state index contributed by atoms with van der Waals surface area (Å²) in [6.45, 7) is 19.5. The van der Waals surface area contributed by atoms with Crippen LogP contribution in [0.1, 0.15) is 80.6 Å². The van der Waals surface area contributed by atoms with Crippen molar-refractivity contribution >= 4 is 18.1 Å². The van der Waals surface area contributed by atoms with Crippen LogP contribution in [0.15, 0.2) is 12.7 Å². The number of aliphatic hydroxyl groups is 1. The summed E-state index contributed by atoms with van der Waals surface area (Å²) in [7, 11) is 0. The summed E-state index contributed by atoms with van der Waals surface area (Å²) in [6, 6.07) is -1.27. The number of fused-ring (bicyclic) bond motifs is 5. The van der Waals surface area contributed by atoms with Gasteiger partial charge in [0.05, 0.1) is 31.1 Å². The minimum absolute atomic E-state index is 0.0330. The summed E-state index contributed by atoms with van der Waals surface area (Å²) >= 11 is 0. The Hall–Kier alpha value is -2.52. The van der Waals surface area contributed by atoms with Gasteiger partial charge in [-0.3, -0.25) is 15.0 Å². The van der Waals surface area contributed by atoms with E-state index in [1.165, 1.54) is 6.08 Å². The molecule has 14 heteroatoms. The van der Waals surface area contributed by atoms with Gasteiger partial charge in [-0.15, -0.1) is 0 Å². The van der Waals surface area contributed by atoms with Crippen LogP contribution in [-0.2, 0) is 19.0 Å². The Morgan fingerprint density at radius 2 is 1.87 bits per heavy atom. The number of piperazine rings is 1. The molecular formula is C38H63FN6O7. The zero-order valence-corrected chi connectivity index (χ0v) is 32.1. The molecule has 294 valence electrons. The standard InChI is InChI=1S/C38H63FN6O7/c1-9-28(47)43-15-16-44(22(5)18-43)34-24-17-21(4)31-29-25(39)11-10-12-27(29)50-19-26(46)33(51-37(49)52-38(6,7)8)23-13-14-40-30(20(2)3)32(23)45(35(24)41-31)36(48)42-34/h9,20-27,29-35,40-41,46H,1,10-19H2,2-8H3,(H,42,48)/t21?,22-,23?,24?,25?,26?,27?,29?,30?,31?,32?,33?,34?,35?/m0/s1. The van der Waals surface area contributed by atoms with E-state index < -0.39 is 60.3 Å². The van der Waals surface area contributed by atoms with E-state index >= 15 is 4.39 Å². The number of carbonyl (C=O) groups is 3. The first-order chi connectivity index (χ1) is 24.6. The van der Waals surface area contributed by atoms with E-state index in [1.54, 1.807) is 25.7 Å². The molecule has 6 rings (SSSR count). The summed E-state index contributed by atoms with van der Waals surface area (Å²) in [5.41, 5.74) is -0.822. The van der Waals surface area contributed by atoms with Crippen LogP contribution < -0.4 is 16.0 Å². The molecule has 1 aliphatic carbocycles. The quantitative estimate of drug-likeness (QED) is 0.251. The minimum Gasteiger partial charge on any atom is -0.429 e. The molecule has 5 heterocycles. The number of nitrogens with one attached hydrogen (secondary N) is 3. The van der Waals surface area contributed by atoms with Gasteiger partial charge in [-0.25, -0.2) is 14.0 Å². The number of urea groups is 1. The van der Waals surface area contributed by atoms with Crippen molar-refractivity contribution in [3.63, 3.8) is 0 Å². The van der Waals surface area contributed by atoms with Crippen molar-refractivity contribution in [1.82, 2.24) is 30.7 Å². The number of aliphatic hydroxyl groups excluding tert-OH is 1. The highest BCUT2D eigenvalue weighted by molar-refractivity contribution is 5.87. The van der Waals surface area contributed by atoms with Crippen LogP contribution >= 0.6 is 0 Å². The van der Waals surface area contributed by atoms with Crippen LogP contribution in [0.4, 0.5) is 14.0 Å². The fourth-order valence-electron chi connectivity index (χ4n) is 10.3. The number of alkyl halides is 1. The molecule has 6 fully saturated rings. The van der Waals surface area contributed by atoms with Gasteiger partial charge in [-0.2, -0.15) is 0 Å². The fourth-order valence-corrected chi connectivity index (χ4v) is 10.3. The number of amides is 3. The van der Waals surface area contributed by atoms with Crippen molar-refractivity contribution in [1.29, 1.82) is 0 Å². The lowest BCUT2D eigenvalue weighted by Gasteiger charge is -2.61. The molecule has 5 saturated heterocycles. The molecule has 3 amide bonds. The van der Waals surface area contributed by atoms with E-state index in [1.807, 2.05) is 4.90 Å². The predicted octanol–water partition coefficient (Wildman–Crippen LogP) is 3.22. The Morgan fingerprint density at radius 3 is 2.54 bits per heavy atom. The fraction of sp³-hybridized carbons (Fsp3) is 0.868. The Labute approximate surface area is 308 Å². The average molecular weight is 735 g/mol. The van der Waals surface area contributed by atoms with Crippen molar-refractivity contribution in [3.8, 4) is 0 Å². The lowest BCUT2D eigenvalue weighted by molar-refractivity contribution is -0.160. The van der Waals surface area contributed by atoms with E-state index in [2.05, 4.69) is 55.1 Å².